The second-order valence-corrected chi connectivity index (χ2v) is 6.48. The van der Waals surface area contributed by atoms with Gasteiger partial charge in [-0.2, -0.15) is 0 Å². The highest BCUT2D eigenvalue weighted by atomic mass is 19.1. The van der Waals surface area contributed by atoms with E-state index in [2.05, 4.69) is 10.6 Å². The van der Waals surface area contributed by atoms with Gasteiger partial charge in [0.05, 0.1) is 6.04 Å². The Morgan fingerprint density at radius 1 is 0.857 bits per heavy atom. The molecule has 1 unspecified atom stereocenters. The number of hydrogen-bond acceptors (Lipinski definition) is 2. The van der Waals surface area contributed by atoms with Crippen LogP contribution >= 0.6 is 0 Å². The highest BCUT2D eigenvalue weighted by Crippen LogP contribution is 2.23. The summed E-state index contributed by atoms with van der Waals surface area (Å²) in [7, 11) is 0. The first kappa shape index (κ1) is 19.3. The van der Waals surface area contributed by atoms with E-state index in [0.29, 0.717) is 12.1 Å². The van der Waals surface area contributed by atoms with E-state index < -0.39 is 6.04 Å². The van der Waals surface area contributed by atoms with Gasteiger partial charge in [0.15, 0.2) is 0 Å². The Labute approximate surface area is 163 Å². The molecule has 0 heterocycles. The summed E-state index contributed by atoms with van der Waals surface area (Å²) in [6.07, 6.45) is 0. The SMILES string of the molecule is CC(=O)NCc1ccc(C(=O)NC(c2ccccc2)c2ccc(F)cc2)cc1. The van der Waals surface area contributed by atoms with Gasteiger partial charge >= 0.3 is 0 Å². The number of carbonyl (C=O) groups excluding carboxylic acids is 2. The van der Waals surface area contributed by atoms with Crippen LogP contribution in [-0.2, 0) is 11.3 Å². The van der Waals surface area contributed by atoms with Crippen molar-refractivity contribution in [3.8, 4) is 0 Å². The van der Waals surface area contributed by atoms with E-state index in [1.54, 1.807) is 36.4 Å². The van der Waals surface area contributed by atoms with Crippen molar-refractivity contribution in [2.24, 2.45) is 0 Å². The third-order valence-electron chi connectivity index (χ3n) is 4.37. The van der Waals surface area contributed by atoms with Gasteiger partial charge in [0.1, 0.15) is 5.82 Å². The first-order valence-corrected chi connectivity index (χ1v) is 8.97. The van der Waals surface area contributed by atoms with E-state index in [1.165, 1.54) is 19.1 Å². The summed E-state index contributed by atoms with van der Waals surface area (Å²) in [6, 6.07) is 22.3. The first-order valence-electron chi connectivity index (χ1n) is 8.97. The zero-order valence-electron chi connectivity index (χ0n) is 15.5. The molecule has 28 heavy (non-hydrogen) atoms. The molecule has 5 heteroatoms. The van der Waals surface area contributed by atoms with Crippen molar-refractivity contribution in [2.45, 2.75) is 19.5 Å². The van der Waals surface area contributed by atoms with E-state index in [-0.39, 0.29) is 17.6 Å². The van der Waals surface area contributed by atoms with E-state index in [4.69, 9.17) is 0 Å². The van der Waals surface area contributed by atoms with Crippen LogP contribution in [0.5, 0.6) is 0 Å². The first-order chi connectivity index (χ1) is 13.5. The second-order valence-electron chi connectivity index (χ2n) is 6.48. The maximum absolute atomic E-state index is 13.3. The highest BCUT2D eigenvalue weighted by molar-refractivity contribution is 5.94. The molecule has 3 aromatic carbocycles. The summed E-state index contributed by atoms with van der Waals surface area (Å²) in [5, 5.41) is 5.74. The van der Waals surface area contributed by atoms with E-state index >= 15 is 0 Å². The lowest BCUT2D eigenvalue weighted by Crippen LogP contribution is -2.29. The minimum atomic E-state index is -0.395. The molecule has 0 spiro atoms. The molecule has 0 saturated carbocycles. The van der Waals surface area contributed by atoms with Crippen LogP contribution in [0.25, 0.3) is 0 Å². The number of carbonyl (C=O) groups is 2. The molecule has 0 aliphatic carbocycles. The molecule has 0 fully saturated rings. The van der Waals surface area contributed by atoms with Crippen LogP contribution in [0, 0.1) is 5.82 Å². The molecule has 1 atom stereocenters. The normalized spacial score (nSPS) is 11.5. The fraction of sp³-hybridized carbons (Fsp3) is 0.130. The lowest BCUT2D eigenvalue weighted by molar-refractivity contribution is -0.119. The standard InChI is InChI=1S/C23H21FN2O2/c1-16(27)25-15-17-7-9-20(10-8-17)23(28)26-22(18-5-3-2-4-6-18)19-11-13-21(24)14-12-19/h2-14,22H,15H2,1H3,(H,25,27)(H,26,28). The molecule has 2 N–H and O–H groups in total. The Bertz CT molecular complexity index is 939. The molecule has 3 aromatic rings. The molecule has 142 valence electrons. The van der Waals surface area contributed by atoms with Crippen LogP contribution in [0.3, 0.4) is 0 Å². The summed E-state index contributed by atoms with van der Waals surface area (Å²) < 4.78 is 13.3. The Kier molecular flexibility index (Phi) is 6.17. The van der Waals surface area contributed by atoms with Gasteiger partial charge < -0.3 is 10.6 Å². The molecule has 3 rings (SSSR count). The average Bonchev–Trinajstić information content (AvgIpc) is 2.72. The van der Waals surface area contributed by atoms with Crippen LogP contribution in [0.2, 0.25) is 0 Å². The Morgan fingerprint density at radius 2 is 1.46 bits per heavy atom. The average molecular weight is 376 g/mol. The number of hydrogen-bond donors (Lipinski definition) is 2. The summed E-state index contributed by atoms with van der Waals surface area (Å²) in [4.78, 5) is 23.8. The predicted octanol–water partition coefficient (Wildman–Crippen LogP) is 3.98. The molecule has 0 saturated heterocycles. The number of rotatable bonds is 6. The molecular formula is C23H21FN2O2. The number of benzene rings is 3. The van der Waals surface area contributed by atoms with Crippen molar-refractivity contribution in [1.82, 2.24) is 10.6 Å². The van der Waals surface area contributed by atoms with Crippen molar-refractivity contribution in [1.29, 1.82) is 0 Å². The van der Waals surface area contributed by atoms with Crippen LogP contribution in [0.1, 0.15) is 40.0 Å². The van der Waals surface area contributed by atoms with Crippen LogP contribution < -0.4 is 10.6 Å². The fourth-order valence-electron chi connectivity index (χ4n) is 2.87. The lowest BCUT2D eigenvalue weighted by Gasteiger charge is -2.20. The van der Waals surface area contributed by atoms with Crippen LogP contribution in [-0.4, -0.2) is 11.8 Å². The molecule has 0 aromatic heterocycles. The molecular weight excluding hydrogens is 355 g/mol. The van der Waals surface area contributed by atoms with Crippen molar-refractivity contribution in [3.05, 3.63) is 107 Å². The van der Waals surface area contributed by atoms with E-state index in [1.807, 2.05) is 30.3 Å². The maximum atomic E-state index is 13.3. The van der Waals surface area contributed by atoms with E-state index in [0.717, 1.165) is 16.7 Å². The molecule has 4 nitrogen and oxygen atoms in total. The Hall–Kier alpha value is -3.47. The van der Waals surface area contributed by atoms with Gasteiger partial charge in [-0.15, -0.1) is 0 Å². The third-order valence-corrected chi connectivity index (χ3v) is 4.37. The zero-order valence-corrected chi connectivity index (χ0v) is 15.5. The van der Waals surface area contributed by atoms with Crippen molar-refractivity contribution >= 4 is 11.8 Å². The topological polar surface area (TPSA) is 58.2 Å². The van der Waals surface area contributed by atoms with Crippen molar-refractivity contribution in [3.63, 3.8) is 0 Å². The van der Waals surface area contributed by atoms with Gasteiger partial charge in [0.25, 0.3) is 5.91 Å². The summed E-state index contributed by atoms with van der Waals surface area (Å²) >= 11 is 0. The number of amides is 2. The smallest absolute Gasteiger partial charge is 0.252 e. The molecule has 0 aliphatic rings. The molecule has 2 amide bonds. The molecule has 0 bridgehead atoms. The summed E-state index contributed by atoms with van der Waals surface area (Å²) in [5.41, 5.74) is 3.12. The van der Waals surface area contributed by atoms with Gasteiger partial charge in [-0.1, -0.05) is 54.6 Å². The largest absolute Gasteiger partial charge is 0.352 e. The number of nitrogens with one attached hydrogen (secondary N) is 2. The van der Waals surface area contributed by atoms with Crippen LogP contribution in [0.4, 0.5) is 4.39 Å². The Morgan fingerprint density at radius 3 is 2.07 bits per heavy atom. The van der Waals surface area contributed by atoms with Gasteiger partial charge in [0, 0.05) is 19.0 Å². The monoisotopic (exact) mass is 376 g/mol. The molecule has 0 aliphatic heterocycles. The van der Waals surface area contributed by atoms with Crippen LogP contribution in [0.15, 0.2) is 78.9 Å². The third kappa shape index (κ3) is 5.04. The van der Waals surface area contributed by atoms with Gasteiger partial charge in [-0.25, -0.2) is 4.39 Å². The second kappa shape index (κ2) is 8.95. The van der Waals surface area contributed by atoms with Crippen molar-refractivity contribution < 1.29 is 14.0 Å². The highest BCUT2D eigenvalue weighted by Gasteiger charge is 2.18. The van der Waals surface area contributed by atoms with Gasteiger partial charge in [-0.05, 0) is 41.0 Å². The lowest BCUT2D eigenvalue weighted by atomic mass is 9.98. The zero-order chi connectivity index (χ0) is 19.9. The quantitative estimate of drug-likeness (QED) is 0.684. The van der Waals surface area contributed by atoms with Crippen molar-refractivity contribution in [2.75, 3.05) is 0 Å². The summed E-state index contributed by atoms with van der Waals surface area (Å²) in [5.74, 6) is -0.660. The van der Waals surface area contributed by atoms with Gasteiger partial charge in [0.2, 0.25) is 5.91 Å². The van der Waals surface area contributed by atoms with E-state index in [9.17, 15) is 14.0 Å². The minimum absolute atomic E-state index is 0.105. The summed E-state index contributed by atoms with van der Waals surface area (Å²) in [6.45, 7) is 1.88. The minimum Gasteiger partial charge on any atom is -0.352 e. The molecule has 0 radical (unpaired) electrons. The van der Waals surface area contributed by atoms with Gasteiger partial charge in [-0.3, -0.25) is 9.59 Å². The fourth-order valence-corrected chi connectivity index (χ4v) is 2.87. The predicted molar refractivity (Wildman–Crippen MR) is 106 cm³/mol. The maximum Gasteiger partial charge on any atom is 0.252 e. The Balaban J connectivity index is 1.79. The number of halogens is 1.